The van der Waals surface area contributed by atoms with Gasteiger partial charge in [-0.25, -0.2) is 0 Å². The van der Waals surface area contributed by atoms with Crippen LogP contribution in [-0.4, -0.2) is 35.4 Å². The quantitative estimate of drug-likeness (QED) is 0.894. The Bertz CT molecular complexity index is 652. The summed E-state index contributed by atoms with van der Waals surface area (Å²) in [4.78, 5) is 28.3. The first-order chi connectivity index (χ1) is 9.54. The number of nitrogens with two attached hydrogens (primary N) is 1. The Morgan fingerprint density at radius 2 is 2.14 bits per heavy atom. The molecule has 6 nitrogen and oxygen atoms in total. The molecule has 0 spiro atoms. The van der Waals surface area contributed by atoms with Crippen LogP contribution in [0.1, 0.15) is 17.3 Å². The molecule has 3 N–H and O–H groups in total. The van der Waals surface area contributed by atoms with Gasteiger partial charge in [0.2, 0.25) is 0 Å². The van der Waals surface area contributed by atoms with Crippen molar-refractivity contribution in [1.82, 2.24) is 9.88 Å². The molecule has 0 aliphatic heterocycles. The molecular formula is C14H18ClN3O3. The summed E-state index contributed by atoms with van der Waals surface area (Å²) in [5.41, 5.74) is 5.70. The lowest BCUT2D eigenvalue weighted by Crippen LogP contribution is -2.41. The largest absolute Gasteiger partial charge is 0.463 e. The normalized spacial score (nSPS) is 11.6. The molecule has 2 aromatic rings. The molecule has 0 saturated carbocycles. The Labute approximate surface area is 128 Å². The van der Waals surface area contributed by atoms with Gasteiger partial charge in [-0.05, 0) is 31.2 Å². The number of likely N-dealkylation sites (N-methyl/N-ethyl adjacent to an activating group) is 1. The number of pyridine rings is 1. The topological polar surface area (TPSA) is 92.3 Å². The second-order valence-electron chi connectivity index (χ2n) is 4.59. The molecular weight excluding hydrogens is 294 g/mol. The predicted octanol–water partition coefficient (Wildman–Crippen LogP) is 1.48. The van der Waals surface area contributed by atoms with Crippen LogP contribution in [0.5, 0.6) is 0 Å². The number of nitrogens with one attached hydrogen (secondary N) is 1. The van der Waals surface area contributed by atoms with Gasteiger partial charge in [-0.3, -0.25) is 9.59 Å². The maximum atomic E-state index is 12.2. The van der Waals surface area contributed by atoms with Crippen LogP contribution >= 0.6 is 12.4 Å². The number of furan rings is 1. The maximum Gasteiger partial charge on any atom is 0.261 e. The van der Waals surface area contributed by atoms with Crippen LogP contribution in [0.3, 0.4) is 0 Å². The highest BCUT2D eigenvalue weighted by atomic mass is 35.5. The van der Waals surface area contributed by atoms with Crippen LogP contribution in [0, 0.1) is 0 Å². The third-order valence-corrected chi connectivity index (χ3v) is 3.25. The summed E-state index contributed by atoms with van der Waals surface area (Å²) < 4.78 is 5.20. The van der Waals surface area contributed by atoms with Crippen molar-refractivity contribution < 1.29 is 9.21 Å². The molecule has 0 bridgehead atoms. The highest BCUT2D eigenvalue weighted by Crippen LogP contribution is 2.16. The van der Waals surface area contributed by atoms with E-state index in [1.165, 1.54) is 17.2 Å². The molecule has 0 aliphatic carbocycles. The summed E-state index contributed by atoms with van der Waals surface area (Å²) in [6.07, 6.45) is 1.52. The van der Waals surface area contributed by atoms with Crippen LogP contribution in [0.4, 0.5) is 0 Å². The molecule has 1 unspecified atom stereocenters. The molecule has 0 saturated heterocycles. The number of H-pyrrole nitrogens is 1. The Balaban J connectivity index is 0.00000220. The minimum absolute atomic E-state index is 0. The lowest BCUT2D eigenvalue weighted by Gasteiger charge is -2.23. The Hall–Kier alpha value is -2.05. The number of hydrogen-bond acceptors (Lipinski definition) is 4. The van der Waals surface area contributed by atoms with Crippen molar-refractivity contribution in [2.75, 3.05) is 13.6 Å². The summed E-state index contributed by atoms with van der Waals surface area (Å²) in [7, 11) is 1.62. The van der Waals surface area contributed by atoms with Gasteiger partial charge < -0.3 is 20.0 Å². The summed E-state index contributed by atoms with van der Waals surface area (Å²) in [6, 6.07) is 6.47. The Morgan fingerprint density at radius 1 is 1.43 bits per heavy atom. The van der Waals surface area contributed by atoms with Crippen molar-refractivity contribution in [3.63, 3.8) is 0 Å². The van der Waals surface area contributed by atoms with E-state index in [9.17, 15) is 9.59 Å². The zero-order valence-corrected chi connectivity index (χ0v) is 12.6. The Morgan fingerprint density at radius 3 is 2.67 bits per heavy atom. The number of halogens is 1. The first-order valence-corrected chi connectivity index (χ1v) is 6.29. The van der Waals surface area contributed by atoms with E-state index in [-0.39, 0.29) is 29.9 Å². The molecule has 0 aliphatic rings. The SMILES string of the molecule is CC(CN)N(C)C(=O)c1ccc(-c2ccco2)[nH]c1=O.Cl. The second kappa shape index (κ2) is 7.10. The highest BCUT2D eigenvalue weighted by Gasteiger charge is 2.19. The van der Waals surface area contributed by atoms with Gasteiger partial charge in [0.25, 0.3) is 11.5 Å². The summed E-state index contributed by atoms with van der Waals surface area (Å²) in [6.45, 7) is 2.16. The van der Waals surface area contributed by atoms with Crippen LogP contribution in [0.15, 0.2) is 39.7 Å². The fraction of sp³-hybridized carbons (Fsp3) is 0.286. The van der Waals surface area contributed by atoms with Crippen LogP contribution < -0.4 is 11.3 Å². The minimum Gasteiger partial charge on any atom is -0.463 e. The van der Waals surface area contributed by atoms with E-state index in [1.807, 2.05) is 6.92 Å². The molecule has 1 atom stereocenters. The van der Waals surface area contributed by atoms with Crippen molar-refractivity contribution in [2.45, 2.75) is 13.0 Å². The smallest absolute Gasteiger partial charge is 0.261 e. The van der Waals surface area contributed by atoms with Crippen molar-refractivity contribution in [1.29, 1.82) is 0 Å². The van der Waals surface area contributed by atoms with E-state index >= 15 is 0 Å². The van der Waals surface area contributed by atoms with E-state index in [2.05, 4.69) is 4.98 Å². The molecule has 0 aromatic carbocycles. The average Bonchev–Trinajstić information content (AvgIpc) is 2.99. The lowest BCUT2D eigenvalue weighted by molar-refractivity contribution is 0.0746. The molecule has 114 valence electrons. The number of aromatic nitrogens is 1. The number of hydrogen-bond donors (Lipinski definition) is 2. The fourth-order valence-electron chi connectivity index (χ4n) is 1.77. The number of carbonyl (C=O) groups excluding carboxylic acids is 1. The van der Waals surface area contributed by atoms with Crippen LogP contribution in [0.25, 0.3) is 11.5 Å². The Kier molecular flexibility index (Phi) is 5.75. The fourth-order valence-corrected chi connectivity index (χ4v) is 1.77. The summed E-state index contributed by atoms with van der Waals surface area (Å²) >= 11 is 0. The minimum atomic E-state index is -0.444. The van der Waals surface area contributed by atoms with Gasteiger partial charge in [-0.2, -0.15) is 0 Å². The maximum absolute atomic E-state index is 12.2. The first kappa shape index (κ1) is 17.0. The number of aromatic amines is 1. The van der Waals surface area contributed by atoms with E-state index < -0.39 is 5.56 Å². The lowest BCUT2D eigenvalue weighted by atomic mass is 10.2. The van der Waals surface area contributed by atoms with E-state index in [0.29, 0.717) is 18.0 Å². The van der Waals surface area contributed by atoms with Crippen molar-refractivity contribution in [3.8, 4) is 11.5 Å². The molecule has 1 amide bonds. The van der Waals surface area contributed by atoms with Crippen LogP contribution in [-0.2, 0) is 0 Å². The summed E-state index contributed by atoms with van der Waals surface area (Å²) in [5.74, 6) is 0.194. The molecule has 2 rings (SSSR count). The molecule has 21 heavy (non-hydrogen) atoms. The number of nitrogens with zero attached hydrogens (tertiary/aromatic N) is 1. The first-order valence-electron chi connectivity index (χ1n) is 6.29. The third-order valence-electron chi connectivity index (χ3n) is 3.25. The molecule has 0 radical (unpaired) electrons. The number of rotatable bonds is 4. The molecule has 2 heterocycles. The van der Waals surface area contributed by atoms with Gasteiger partial charge in [0, 0.05) is 19.6 Å². The predicted molar refractivity (Wildman–Crippen MR) is 82.6 cm³/mol. The van der Waals surface area contributed by atoms with E-state index in [0.717, 1.165) is 0 Å². The molecule has 2 aromatic heterocycles. The average molecular weight is 312 g/mol. The zero-order chi connectivity index (χ0) is 14.7. The van der Waals surface area contributed by atoms with Gasteiger partial charge in [0.15, 0.2) is 0 Å². The van der Waals surface area contributed by atoms with Crippen LogP contribution in [0.2, 0.25) is 0 Å². The third kappa shape index (κ3) is 3.53. The molecule has 0 fully saturated rings. The van der Waals surface area contributed by atoms with E-state index in [1.54, 1.807) is 25.2 Å². The van der Waals surface area contributed by atoms with Crippen molar-refractivity contribution >= 4 is 18.3 Å². The molecule has 7 heteroatoms. The van der Waals surface area contributed by atoms with Gasteiger partial charge >= 0.3 is 0 Å². The highest BCUT2D eigenvalue weighted by molar-refractivity contribution is 5.94. The van der Waals surface area contributed by atoms with Gasteiger partial charge in [0.1, 0.15) is 11.3 Å². The number of carbonyl (C=O) groups is 1. The van der Waals surface area contributed by atoms with E-state index in [4.69, 9.17) is 10.2 Å². The van der Waals surface area contributed by atoms with Crippen molar-refractivity contribution in [3.05, 3.63) is 46.4 Å². The van der Waals surface area contributed by atoms with Gasteiger partial charge in [-0.15, -0.1) is 12.4 Å². The monoisotopic (exact) mass is 311 g/mol. The number of amides is 1. The summed E-state index contributed by atoms with van der Waals surface area (Å²) in [5, 5.41) is 0. The zero-order valence-electron chi connectivity index (χ0n) is 11.8. The van der Waals surface area contributed by atoms with Crippen molar-refractivity contribution in [2.24, 2.45) is 5.73 Å². The standard InChI is InChI=1S/C14H17N3O3.ClH/c1-9(8-15)17(2)14(19)10-5-6-11(16-13(10)18)12-4-3-7-20-12;/h3-7,9H,8,15H2,1-2H3,(H,16,18);1H. The van der Waals surface area contributed by atoms with Gasteiger partial charge in [0.05, 0.1) is 12.0 Å². The van der Waals surface area contributed by atoms with Gasteiger partial charge in [-0.1, -0.05) is 0 Å². The second-order valence-corrected chi connectivity index (χ2v) is 4.59.